The first-order valence-corrected chi connectivity index (χ1v) is 11.7. The van der Waals surface area contributed by atoms with Crippen molar-refractivity contribution in [3.05, 3.63) is 84.2 Å². The normalized spacial score (nSPS) is 10.6. The molecule has 0 saturated carbocycles. The maximum Gasteiger partial charge on any atom is 0.257 e. The van der Waals surface area contributed by atoms with Crippen molar-refractivity contribution in [2.45, 2.75) is 4.90 Å². The summed E-state index contributed by atoms with van der Waals surface area (Å²) in [6.45, 7) is -0.0334. The number of halogens is 1. The molecule has 0 fully saturated rings. The molecule has 0 aromatic heterocycles. The molecule has 7 nitrogen and oxygen atoms in total. The van der Waals surface area contributed by atoms with Crippen molar-refractivity contribution < 1.29 is 18.8 Å². The highest BCUT2D eigenvalue weighted by Crippen LogP contribution is 2.24. The van der Waals surface area contributed by atoms with Gasteiger partial charge in [-0.25, -0.2) is 4.39 Å². The van der Waals surface area contributed by atoms with Gasteiger partial charge in [-0.1, -0.05) is 24.3 Å². The minimum atomic E-state index is -0.442. The summed E-state index contributed by atoms with van der Waals surface area (Å²) < 4.78 is 13.1. The third-order valence-corrected chi connectivity index (χ3v) is 5.55. The van der Waals surface area contributed by atoms with Gasteiger partial charge in [0.05, 0.1) is 30.0 Å². The summed E-state index contributed by atoms with van der Waals surface area (Å²) in [7, 11) is 1.66. The second kappa shape index (κ2) is 12.0. The van der Waals surface area contributed by atoms with Crippen LogP contribution >= 0.6 is 11.8 Å². The van der Waals surface area contributed by atoms with Crippen LogP contribution in [0, 0.1) is 5.82 Å². The third-order valence-electron chi connectivity index (χ3n) is 4.76. The zero-order chi connectivity index (χ0) is 24.5. The molecular formula is C25H25FN4O3S. The number of anilines is 3. The maximum atomic E-state index is 13.1. The number of rotatable bonds is 9. The number of likely N-dealkylation sites (N-methyl/N-ethyl adjacent to an activating group) is 1. The van der Waals surface area contributed by atoms with E-state index in [9.17, 15) is 18.8 Å². The average molecular weight is 481 g/mol. The van der Waals surface area contributed by atoms with E-state index in [-0.39, 0.29) is 30.5 Å². The van der Waals surface area contributed by atoms with Gasteiger partial charge in [-0.2, -0.15) is 0 Å². The Morgan fingerprint density at radius 1 is 0.794 bits per heavy atom. The smallest absolute Gasteiger partial charge is 0.257 e. The first-order valence-electron chi connectivity index (χ1n) is 10.4. The van der Waals surface area contributed by atoms with Crippen molar-refractivity contribution in [2.24, 2.45) is 0 Å². The van der Waals surface area contributed by atoms with Gasteiger partial charge in [-0.05, 0) is 61.8 Å². The van der Waals surface area contributed by atoms with Crippen molar-refractivity contribution in [2.75, 3.05) is 42.3 Å². The van der Waals surface area contributed by atoms with Crippen LogP contribution in [0.5, 0.6) is 0 Å². The van der Waals surface area contributed by atoms with Crippen molar-refractivity contribution in [3.63, 3.8) is 0 Å². The Bertz CT molecular complexity index is 1170. The van der Waals surface area contributed by atoms with Gasteiger partial charge in [0.15, 0.2) is 0 Å². The molecule has 0 bridgehead atoms. The van der Waals surface area contributed by atoms with Gasteiger partial charge >= 0.3 is 0 Å². The minimum Gasteiger partial charge on any atom is -0.324 e. The quantitative estimate of drug-likeness (QED) is 0.397. The third kappa shape index (κ3) is 7.16. The summed E-state index contributed by atoms with van der Waals surface area (Å²) in [5, 5.41) is 8.25. The molecule has 176 valence electrons. The van der Waals surface area contributed by atoms with Gasteiger partial charge in [-0.15, -0.1) is 11.8 Å². The lowest BCUT2D eigenvalue weighted by atomic mass is 10.1. The SMILES string of the molecule is CSc1ccccc1NC(=O)CN(C)CC(=O)Nc1ccccc1C(=O)Nc1ccc(F)cc1. The van der Waals surface area contributed by atoms with Crippen LogP contribution in [0.4, 0.5) is 21.5 Å². The van der Waals surface area contributed by atoms with Gasteiger partial charge in [-0.3, -0.25) is 19.3 Å². The summed E-state index contributed by atoms with van der Waals surface area (Å²) in [6.07, 6.45) is 1.93. The Morgan fingerprint density at radius 2 is 1.35 bits per heavy atom. The van der Waals surface area contributed by atoms with E-state index in [1.54, 1.807) is 36.2 Å². The van der Waals surface area contributed by atoms with E-state index < -0.39 is 11.7 Å². The number of carbonyl (C=O) groups excluding carboxylic acids is 3. The number of thioether (sulfide) groups is 1. The first-order chi connectivity index (χ1) is 16.4. The Hall–Kier alpha value is -3.69. The Morgan fingerprint density at radius 3 is 2.00 bits per heavy atom. The molecule has 0 aliphatic heterocycles. The highest BCUT2D eigenvalue weighted by molar-refractivity contribution is 7.98. The molecule has 0 saturated heterocycles. The molecule has 0 aliphatic rings. The highest BCUT2D eigenvalue weighted by Gasteiger charge is 2.16. The standard InChI is InChI=1S/C25H25FN4O3S/c1-30(16-24(32)29-21-9-5-6-10-22(21)34-2)15-23(31)28-20-8-4-3-7-19(20)25(33)27-18-13-11-17(26)12-14-18/h3-14H,15-16H2,1-2H3,(H,27,33)(H,28,31)(H,29,32). The molecule has 3 N–H and O–H groups in total. The van der Waals surface area contributed by atoms with E-state index in [1.165, 1.54) is 36.0 Å². The average Bonchev–Trinajstić information content (AvgIpc) is 2.81. The fourth-order valence-corrected chi connectivity index (χ4v) is 3.75. The molecule has 0 spiro atoms. The topological polar surface area (TPSA) is 90.5 Å². The number of nitrogens with zero attached hydrogens (tertiary/aromatic N) is 1. The highest BCUT2D eigenvalue weighted by atomic mass is 32.2. The number of carbonyl (C=O) groups is 3. The molecule has 0 heterocycles. The van der Waals surface area contributed by atoms with E-state index in [2.05, 4.69) is 16.0 Å². The maximum absolute atomic E-state index is 13.1. The van der Waals surface area contributed by atoms with Crippen LogP contribution in [0.25, 0.3) is 0 Å². The molecule has 0 aliphatic carbocycles. The number of amides is 3. The van der Waals surface area contributed by atoms with E-state index in [4.69, 9.17) is 0 Å². The second-order valence-electron chi connectivity index (χ2n) is 7.48. The van der Waals surface area contributed by atoms with Crippen molar-refractivity contribution >= 4 is 46.5 Å². The molecule has 3 aromatic carbocycles. The molecule has 3 amide bonds. The zero-order valence-electron chi connectivity index (χ0n) is 18.8. The lowest BCUT2D eigenvalue weighted by Gasteiger charge is -2.17. The lowest BCUT2D eigenvalue weighted by Crippen LogP contribution is -2.36. The van der Waals surface area contributed by atoms with E-state index in [0.717, 1.165) is 10.6 Å². The number of hydrogen-bond donors (Lipinski definition) is 3. The predicted octanol–water partition coefficient (Wildman–Crippen LogP) is 4.31. The van der Waals surface area contributed by atoms with Crippen LogP contribution in [0.2, 0.25) is 0 Å². The predicted molar refractivity (Wildman–Crippen MR) is 134 cm³/mol. The molecule has 0 atom stereocenters. The second-order valence-corrected chi connectivity index (χ2v) is 8.32. The number of nitrogens with one attached hydrogen (secondary N) is 3. The summed E-state index contributed by atoms with van der Waals surface area (Å²) in [4.78, 5) is 40.2. The molecular weight excluding hydrogens is 455 g/mol. The van der Waals surface area contributed by atoms with Crippen molar-refractivity contribution in [1.82, 2.24) is 4.90 Å². The molecule has 9 heteroatoms. The monoisotopic (exact) mass is 480 g/mol. The Labute approximate surface area is 201 Å². The van der Waals surface area contributed by atoms with Gasteiger partial charge in [0, 0.05) is 10.6 Å². The van der Waals surface area contributed by atoms with E-state index in [1.807, 2.05) is 30.5 Å². The van der Waals surface area contributed by atoms with Crippen LogP contribution in [0.3, 0.4) is 0 Å². The number of para-hydroxylation sites is 2. The summed E-state index contributed by atoms with van der Waals surface area (Å²) >= 11 is 1.53. The first kappa shape index (κ1) is 24.9. The number of hydrogen-bond acceptors (Lipinski definition) is 5. The fraction of sp³-hybridized carbons (Fsp3) is 0.160. The van der Waals surface area contributed by atoms with Crippen molar-refractivity contribution in [1.29, 1.82) is 0 Å². The number of benzene rings is 3. The van der Waals surface area contributed by atoms with Gasteiger partial charge in [0.1, 0.15) is 5.82 Å². The zero-order valence-corrected chi connectivity index (χ0v) is 19.6. The van der Waals surface area contributed by atoms with Crippen LogP contribution in [0.1, 0.15) is 10.4 Å². The fourth-order valence-electron chi connectivity index (χ4n) is 3.20. The minimum absolute atomic E-state index is 0.0167. The Balaban J connectivity index is 1.56. The molecule has 34 heavy (non-hydrogen) atoms. The van der Waals surface area contributed by atoms with Gasteiger partial charge in [0.2, 0.25) is 11.8 Å². The summed E-state index contributed by atoms with van der Waals surface area (Å²) in [6, 6.07) is 19.4. The van der Waals surface area contributed by atoms with Crippen molar-refractivity contribution in [3.8, 4) is 0 Å². The van der Waals surface area contributed by atoms with Gasteiger partial charge < -0.3 is 16.0 Å². The van der Waals surface area contributed by atoms with Gasteiger partial charge in [0.25, 0.3) is 5.91 Å². The van der Waals surface area contributed by atoms with Crippen LogP contribution in [0.15, 0.2) is 77.7 Å². The van der Waals surface area contributed by atoms with E-state index in [0.29, 0.717) is 11.4 Å². The summed E-state index contributed by atoms with van der Waals surface area (Å²) in [5.74, 6) is -1.46. The van der Waals surface area contributed by atoms with Crippen LogP contribution < -0.4 is 16.0 Å². The summed E-state index contributed by atoms with van der Waals surface area (Å²) in [5.41, 5.74) is 1.74. The van der Waals surface area contributed by atoms with Crippen LogP contribution in [-0.4, -0.2) is 49.0 Å². The Kier molecular flexibility index (Phi) is 8.78. The molecule has 3 aromatic rings. The lowest BCUT2D eigenvalue weighted by molar-refractivity contribution is -0.119. The largest absolute Gasteiger partial charge is 0.324 e. The molecule has 0 radical (unpaired) electrons. The van der Waals surface area contributed by atoms with Crippen LogP contribution in [-0.2, 0) is 9.59 Å². The molecule has 3 rings (SSSR count). The van der Waals surface area contributed by atoms with E-state index >= 15 is 0 Å². The molecule has 0 unspecified atom stereocenters.